The van der Waals surface area contributed by atoms with Gasteiger partial charge in [-0.3, -0.25) is 9.59 Å². The Balaban J connectivity index is 1.77. The number of benzene rings is 1. The third-order valence-corrected chi connectivity index (χ3v) is 5.32. The van der Waals surface area contributed by atoms with Crippen molar-refractivity contribution in [3.63, 3.8) is 0 Å². The average Bonchev–Trinajstić information content (AvgIpc) is 3.27. The molecule has 0 heterocycles. The fourth-order valence-electron chi connectivity index (χ4n) is 3.80. The van der Waals surface area contributed by atoms with Crippen LogP contribution in [0.15, 0.2) is 18.2 Å². The van der Waals surface area contributed by atoms with Gasteiger partial charge < -0.3 is 19.9 Å². The molecule has 2 fully saturated rings. The molecule has 6 nitrogen and oxygen atoms in total. The van der Waals surface area contributed by atoms with Gasteiger partial charge >= 0.3 is 5.97 Å². The van der Waals surface area contributed by atoms with Crippen molar-refractivity contribution in [3.8, 4) is 11.5 Å². The molecule has 2 aliphatic carbocycles. The van der Waals surface area contributed by atoms with Crippen LogP contribution >= 0.6 is 0 Å². The van der Waals surface area contributed by atoms with E-state index < -0.39 is 17.3 Å². The first kappa shape index (κ1) is 17.6. The van der Waals surface area contributed by atoms with Crippen LogP contribution in [0.2, 0.25) is 0 Å². The van der Waals surface area contributed by atoms with Gasteiger partial charge in [0.1, 0.15) is 5.41 Å². The van der Waals surface area contributed by atoms with E-state index >= 15 is 0 Å². The highest BCUT2D eigenvalue weighted by molar-refractivity contribution is 6.08. The van der Waals surface area contributed by atoms with Gasteiger partial charge in [0.25, 0.3) is 0 Å². The van der Waals surface area contributed by atoms with Crippen LogP contribution in [-0.2, 0) is 9.59 Å². The van der Waals surface area contributed by atoms with Crippen molar-refractivity contribution in [2.24, 2.45) is 5.41 Å². The van der Waals surface area contributed by atoms with Crippen LogP contribution in [-0.4, -0.2) is 30.2 Å². The Morgan fingerprint density at radius 2 is 1.80 bits per heavy atom. The zero-order valence-corrected chi connectivity index (χ0v) is 14.5. The van der Waals surface area contributed by atoms with Gasteiger partial charge in [0.2, 0.25) is 5.91 Å². The Bertz CT molecular complexity index is 645. The molecule has 2 aliphatic rings. The Morgan fingerprint density at radius 1 is 1.12 bits per heavy atom. The Morgan fingerprint density at radius 3 is 2.40 bits per heavy atom. The number of aliphatic carboxylic acids is 1. The summed E-state index contributed by atoms with van der Waals surface area (Å²) in [6.07, 6.45) is 6.81. The number of carboxylic acids is 1. The van der Waals surface area contributed by atoms with Crippen molar-refractivity contribution < 1.29 is 24.2 Å². The van der Waals surface area contributed by atoms with Gasteiger partial charge in [-0.15, -0.1) is 0 Å². The molecular weight excluding hydrogens is 322 g/mol. The lowest BCUT2D eigenvalue weighted by Crippen LogP contribution is -2.40. The zero-order chi connectivity index (χ0) is 17.9. The first-order chi connectivity index (χ1) is 12.0. The maximum absolute atomic E-state index is 12.6. The monoisotopic (exact) mass is 347 g/mol. The Hall–Kier alpha value is -2.24. The average molecular weight is 347 g/mol. The van der Waals surface area contributed by atoms with E-state index in [1.54, 1.807) is 25.3 Å². The van der Waals surface area contributed by atoms with E-state index in [0.29, 0.717) is 30.0 Å². The lowest BCUT2D eigenvalue weighted by molar-refractivity contribution is -0.153. The summed E-state index contributed by atoms with van der Waals surface area (Å²) >= 11 is 0. The summed E-state index contributed by atoms with van der Waals surface area (Å²) in [6.45, 7) is 0. The molecule has 0 spiro atoms. The summed E-state index contributed by atoms with van der Waals surface area (Å²) in [5, 5.41) is 12.3. The molecule has 0 atom stereocenters. The summed E-state index contributed by atoms with van der Waals surface area (Å²) in [6, 6.07) is 5.17. The molecule has 25 heavy (non-hydrogen) atoms. The molecule has 136 valence electrons. The van der Waals surface area contributed by atoms with E-state index in [-0.39, 0.29) is 6.10 Å². The number of anilines is 1. The molecule has 2 saturated carbocycles. The maximum Gasteiger partial charge on any atom is 0.319 e. The van der Waals surface area contributed by atoms with Gasteiger partial charge in [0.15, 0.2) is 11.5 Å². The minimum absolute atomic E-state index is 0.167. The predicted octanol–water partition coefficient (Wildman–Crippen LogP) is 3.60. The van der Waals surface area contributed by atoms with Gasteiger partial charge in [-0.25, -0.2) is 0 Å². The molecule has 6 heteroatoms. The van der Waals surface area contributed by atoms with Crippen LogP contribution in [0, 0.1) is 5.41 Å². The number of methoxy groups -OCH3 is 1. The number of rotatable bonds is 6. The predicted molar refractivity (Wildman–Crippen MR) is 93.0 cm³/mol. The van der Waals surface area contributed by atoms with E-state index in [1.807, 2.05) is 0 Å². The van der Waals surface area contributed by atoms with E-state index in [0.717, 1.165) is 38.5 Å². The summed E-state index contributed by atoms with van der Waals surface area (Å²) < 4.78 is 11.4. The summed E-state index contributed by atoms with van der Waals surface area (Å²) in [5.74, 6) is -0.297. The molecule has 0 aromatic heterocycles. The number of ether oxygens (including phenoxy) is 2. The van der Waals surface area contributed by atoms with Crippen molar-refractivity contribution in [2.75, 3.05) is 12.4 Å². The van der Waals surface area contributed by atoms with Gasteiger partial charge in [0.05, 0.1) is 13.2 Å². The standard InChI is InChI=1S/C19H25NO5/c1-24-15-9-8-13(12-16(15)25-14-6-2-3-7-14)20-17(21)19(18(22)23)10-4-5-11-19/h8-9,12,14H,2-7,10-11H2,1H3,(H,20,21)(H,22,23). The molecule has 2 N–H and O–H groups in total. The minimum atomic E-state index is -1.31. The largest absolute Gasteiger partial charge is 0.493 e. The molecule has 1 aromatic carbocycles. The lowest BCUT2D eigenvalue weighted by Gasteiger charge is -2.23. The zero-order valence-electron chi connectivity index (χ0n) is 14.5. The van der Waals surface area contributed by atoms with Crippen LogP contribution in [0.1, 0.15) is 51.4 Å². The molecular formula is C19H25NO5. The van der Waals surface area contributed by atoms with Gasteiger partial charge in [-0.2, -0.15) is 0 Å². The topological polar surface area (TPSA) is 84.9 Å². The molecule has 0 radical (unpaired) electrons. The third-order valence-electron chi connectivity index (χ3n) is 5.32. The van der Waals surface area contributed by atoms with Crippen molar-refractivity contribution in [2.45, 2.75) is 57.5 Å². The summed E-state index contributed by atoms with van der Waals surface area (Å²) in [4.78, 5) is 24.3. The first-order valence-corrected chi connectivity index (χ1v) is 8.95. The lowest BCUT2D eigenvalue weighted by atomic mass is 9.85. The normalized spacial score (nSPS) is 19.6. The van der Waals surface area contributed by atoms with E-state index in [1.165, 1.54) is 0 Å². The van der Waals surface area contributed by atoms with Crippen LogP contribution in [0.25, 0.3) is 0 Å². The molecule has 0 bridgehead atoms. The molecule has 3 rings (SSSR count). The second kappa shape index (κ2) is 7.33. The highest BCUT2D eigenvalue weighted by Gasteiger charge is 2.48. The van der Waals surface area contributed by atoms with Crippen LogP contribution in [0.5, 0.6) is 11.5 Å². The highest BCUT2D eigenvalue weighted by atomic mass is 16.5. The maximum atomic E-state index is 12.6. The van der Waals surface area contributed by atoms with Crippen molar-refractivity contribution >= 4 is 17.6 Å². The van der Waals surface area contributed by atoms with Crippen LogP contribution < -0.4 is 14.8 Å². The smallest absolute Gasteiger partial charge is 0.319 e. The molecule has 1 aromatic rings. The fraction of sp³-hybridized carbons (Fsp3) is 0.579. The van der Waals surface area contributed by atoms with Gasteiger partial charge in [0, 0.05) is 11.8 Å². The van der Waals surface area contributed by atoms with Crippen molar-refractivity contribution in [3.05, 3.63) is 18.2 Å². The number of hydrogen-bond donors (Lipinski definition) is 2. The molecule has 0 unspecified atom stereocenters. The number of carbonyl (C=O) groups is 2. The summed E-state index contributed by atoms with van der Waals surface area (Å²) in [5.41, 5.74) is -0.779. The number of amides is 1. The highest BCUT2D eigenvalue weighted by Crippen LogP contribution is 2.40. The number of nitrogens with one attached hydrogen (secondary N) is 1. The third kappa shape index (κ3) is 3.57. The Kier molecular flexibility index (Phi) is 5.16. The Labute approximate surface area is 147 Å². The van der Waals surface area contributed by atoms with E-state index in [2.05, 4.69) is 5.32 Å². The number of carboxylic acid groups (broad SMARTS) is 1. The number of carbonyl (C=O) groups excluding carboxylic acids is 1. The second-order valence-electron chi connectivity index (χ2n) is 6.94. The quantitative estimate of drug-likeness (QED) is 0.768. The molecule has 0 saturated heterocycles. The molecule has 0 aliphatic heterocycles. The van der Waals surface area contributed by atoms with E-state index in [9.17, 15) is 14.7 Å². The second-order valence-corrected chi connectivity index (χ2v) is 6.94. The first-order valence-electron chi connectivity index (χ1n) is 8.95. The van der Waals surface area contributed by atoms with Crippen LogP contribution in [0.3, 0.4) is 0 Å². The van der Waals surface area contributed by atoms with Gasteiger partial charge in [-0.05, 0) is 50.7 Å². The van der Waals surface area contributed by atoms with Crippen molar-refractivity contribution in [1.29, 1.82) is 0 Å². The summed E-state index contributed by atoms with van der Waals surface area (Å²) in [7, 11) is 1.58. The minimum Gasteiger partial charge on any atom is -0.493 e. The van der Waals surface area contributed by atoms with Gasteiger partial charge in [-0.1, -0.05) is 12.8 Å². The van der Waals surface area contributed by atoms with E-state index in [4.69, 9.17) is 9.47 Å². The number of hydrogen-bond acceptors (Lipinski definition) is 4. The SMILES string of the molecule is COc1ccc(NC(=O)C2(C(=O)O)CCCC2)cc1OC1CCCC1. The molecule has 1 amide bonds. The fourth-order valence-corrected chi connectivity index (χ4v) is 3.80. The van der Waals surface area contributed by atoms with Crippen molar-refractivity contribution in [1.82, 2.24) is 0 Å². The van der Waals surface area contributed by atoms with Crippen LogP contribution in [0.4, 0.5) is 5.69 Å².